The molecular weight excluding hydrogens is 847 g/mol. The average molecular weight is 903 g/mol. The second-order valence-corrected chi connectivity index (χ2v) is 39.6. The third-order valence-corrected chi connectivity index (χ3v) is 31.1. The van der Waals surface area contributed by atoms with Gasteiger partial charge in [-0.2, -0.15) is 0 Å². The van der Waals surface area contributed by atoms with Crippen LogP contribution in [0.1, 0.15) is 67.2 Å². The molecule has 0 aliphatic carbocycles. The van der Waals surface area contributed by atoms with Crippen molar-refractivity contribution < 1.29 is 26.8 Å². The summed E-state index contributed by atoms with van der Waals surface area (Å²) in [4.78, 5) is 0. The van der Waals surface area contributed by atoms with E-state index in [1.54, 1.807) is 0 Å². The third-order valence-electron chi connectivity index (χ3n) is 11.4. The summed E-state index contributed by atoms with van der Waals surface area (Å²) in [5.74, 6) is 3.90. The number of rotatable bonds is 4. The topological polar surface area (TPSA) is 26.3 Å². The molecule has 2 aromatic heterocycles. The summed E-state index contributed by atoms with van der Waals surface area (Å²) in [5, 5.41) is 5.17. The van der Waals surface area contributed by atoms with Crippen molar-refractivity contribution in [2.24, 2.45) is 0 Å². The van der Waals surface area contributed by atoms with Gasteiger partial charge in [0.15, 0.2) is 0 Å². The van der Waals surface area contributed by atoms with Crippen molar-refractivity contribution in [2.45, 2.75) is 96.2 Å². The molecule has 6 heteroatoms. The fraction of sp³-hybridized carbons (Fsp3) is 0.269. The predicted molar refractivity (Wildman–Crippen MR) is 251 cm³/mol. The zero-order valence-corrected chi connectivity index (χ0v) is 41.6. The number of hydrogen-bond donors (Lipinski definition) is 0. The molecule has 0 aliphatic rings. The van der Waals surface area contributed by atoms with E-state index in [-0.39, 0.29) is 5.43 Å². The van der Waals surface area contributed by atoms with E-state index in [4.69, 9.17) is 25.9 Å². The molecule has 8 rings (SSSR count). The van der Waals surface area contributed by atoms with E-state index >= 15 is 0 Å². The monoisotopic (exact) mass is 900 g/mol. The first kappa shape index (κ1) is 43.9. The van der Waals surface area contributed by atoms with Gasteiger partial charge in [0, 0.05) is 0 Å². The standard InChI is InChI=1S/2C25H25O.C2H6Si.2ClH.Zr/c2*1-14-7-15(2)9-22(8-14)25-18(5)16(3)10-20-12-21(13-23(20)25)24-11-17(4)19(6)26-24;1-3-2;;;/h2*7-13H,1-6H3;1-2H3;2*1H;/q2*-1;;;;+2/p-2. The van der Waals surface area contributed by atoms with Crippen molar-refractivity contribution in [3.8, 4) is 44.9 Å². The van der Waals surface area contributed by atoms with Gasteiger partial charge in [-0.3, -0.25) is 0 Å². The molecule has 0 unspecified atom stereocenters. The minimum atomic E-state index is -1.65. The summed E-state index contributed by atoms with van der Waals surface area (Å²) < 4.78 is 11.9. The molecule has 0 N–H and O–H groups in total. The van der Waals surface area contributed by atoms with Gasteiger partial charge in [0.2, 0.25) is 0 Å². The zero-order chi connectivity index (χ0) is 42.3. The zero-order valence-electron chi connectivity index (χ0n) is 36.7. The van der Waals surface area contributed by atoms with Crippen LogP contribution in [0.3, 0.4) is 0 Å². The molecule has 0 fully saturated rings. The smallest absolute Gasteiger partial charge is 0.0925 e. The number of hydrogen-bond acceptors (Lipinski definition) is 2. The van der Waals surface area contributed by atoms with E-state index in [1.807, 2.05) is 13.8 Å². The molecule has 2 nitrogen and oxygen atoms in total. The van der Waals surface area contributed by atoms with Crippen LogP contribution in [0.25, 0.3) is 66.4 Å². The SMILES string of the molecule is C[Si](C)=[Zr]([Cl])[Cl].Cc1cc(C)cc(-c2c(C)c(C)cc3[cH-]c(-c4cc(C)c(C)o4)cc23)c1.Cc1cc(C)cc(-c2c(C)c(C)cc3[cH-]c(-c4cc(C)c(C)o4)cc23)c1. The van der Waals surface area contributed by atoms with E-state index in [9.17, 15) is 0 Å². The van der Waals surface area contributed by atoms with Gasteiger partial charge in [-0.15, -0.1) is 57.9 Å². The van der Waals surface area contributed by atoms with Gasteiger partial charge in [-0.25, -0.2) is 0 Å². The Balaban J connectivity index is 0.000000172. The van der Waals surface area contributed by atoms with Gasteiger partial charge in [-0.1, -0.05) is 92.0 Å². The van der Waals surface area contributed by atoms with Crippen molar-refractivity contribution in [3.05, 3.63) is 152 Å². The maximum Gasteiger partial charge on any atom is 0.0925 e. The van der Waals surface area contributed by atoms with Crippen LogP contribution in [-0.2, 0) is 18.0 Å². The van der Waals surface area contributed by atoms with E-state index in [0.717, 1.165) is 34.2 Å². The van der Waals surface area contributed by atoms with Crippen LogP contribution in [0.4, 0.5) is 0 Å². The first-order valence-electron chi connectivity index (χ1n) is 20.0. The summed E-state index contributed by atoms with van der Waals surface area (Å²) in [5.41, 5.74) is 20.4. The van der Waals surface area contributed by atoms with Gasteiger partial charge in [0.1, 0.15) is 0 Å². The molecule has 0 bridgehead atoms. The summed E-state index contributed by atoms with van der Waals surface area (Å²) in [6.45, 7) is 30.1. The molecule has 0 spiro atoms. The molecule has 0 saturated heterocycles. The van der Waals surface area contributed by atoms with Crippen molar-refractivity contribution in [2.75, 3.05) is 0 Å². The van der Waals surface area contributed by atoms with Gasteiger partial charge in [-0.05, 0) is 129 Å². The first-order valence-corrected chi connectivity index (χ1v) is 32.5. The van der Waals surface area contributed by atoms with Crippen molar-refractivity contribution >= 4 is 44.0 Å². The maximum atomic E-state index is 5.97. The Kier molecular flexibility index (Phi) is 13.6. The number of halogens is 2. The summed E-state index contributed by atoms with van der Waals surface area (Å²) >= 11 is -1.65. The van der Waals surface area contributed by atoms with Crippen LogP contribution in [0.15, 0.2) is 93.8 Å². The van der Waals surface area contributed by atoms with E-state index in [1.165, 1.54) is 99.4 Å². The summed E-state index contributed by atoms with van der Waals surface area (Å²) in [7, 11) is 11.2. The second kappa shape index (κ2) is 17.9. The number of fused-ring (bicyclic) bond motifs is 2. The molecule has 8 aromatic rings. The fourth-order valence-corrected chi connectivity index (χ4v) is 7.90. The molecule has 300 valence electrons. The Bertz CT molecular complexity index is 2570. The average Bonchev–Trinajstić information content (AvgIpc) is 3.91. The largest absolute Gasteiger partial charge is 0.496 e. The van der Waals surface area contributed by atoms with E-state index in [0.29, 0.717) is 0 Å². The normalized spacial score (nSPS) is 11.1. The molecule has 6 aromatic carbocycles. The molecule has 0 aliphatic heterocycles. The van der Waals surface area contributed by atoms with Crippen molar-refractivity contribution in [1.29, 1.82) is 0 Å². The molecule has 0 amide bonds. The quantitative estimate of drug-likeness (QED) is 0.130. The Morgan fingerprint density at radius 2 is 0.776 bits per heavy atom. The molecule has 0 atom stereocenters. The van der Waals surface area contributed by atoms with Crippen molar-refractivity contribution in [3.63, 3.8) is 0 Å². The summed E-state index contributed by atoms with van der Waals surface area (Å²) in [6, 6.07) is 31.6. The minimum Gasteiger partial charge on any atom is -0.496 e. The Labute approximate surface area is 361 Å². The van der Waals surface area contributed by atoms with Crippen LogP contribution >= 0.6 is 17.0 Å². The Hall–Kier alpha value is -3.66. The first-order chi connectivity index (χ1) is 27.3. The van der Waals surface area contributed by atoms with Crippen LogP contribution in [0, 0.1) is 83.1 Å². The van der Waals surface area contributed by atoms with Crippen LogP contribution in [0.5, 0.6) is 0 Å². The molecule has 0 saturated carbocycles. The molecule has 0 radical (unpaired) electrons. The number of aryl methyl sites for hydroxylation is 10. The second-order valence-electron chi connectivity index (χ2n) is 16.6. The van der Waals surface area contributed by atoms with E-state index < -0.39 is 18.0 Å². The minimum absolute atomic E-state index is 0.224. The number of furan rings is 2. The molecular formula is C52H56Cl2O2SiZr-2. The van der Waals surface area contributed by atoms with Gasteiger partial charge in [0.05, 0.1) is 23.0 Å². The van der Waals surface area contributed by atoms with Crippen LogP contribution in [-0.4, -0.2) is 5.43 Å². The Morgan fingerprint density at radius 3 is 1.05 bits per heavy atom. The number of benzene rings is 4. The van der Waals surface area contributed by atoms with E-state index in [2.05, 4.69) is 167 Å². The maximum absolute atomic E-state index is 5.97. The predicted octanol–water partition coefficient (Wildman–Crippen LogP) is 16.8. The van der Waals surface area contributed by atoms with Crippen LogP contribution in [0.2, 0.25) is 13.1 Å². The van der Waals surface area contributed by atoms with Crippen molar-refractivity contribution in [1.82, 2.24) is 0 Å². The summed E-state index contributed by atoms with van der Waals surface area (Å²) in [6.07, 6.45) is 0. The van der Waals surface area contributed by atoms with Gasteiger partial charge in [0.25, 0.3) is 0 Å². The van der Waals surface area contributed by atoms with Gasteiger partial charge >= 0.3 is 53.5 Å². The third kappa shape index (κ3) is 9.53. The molecule has 2 heterocycles. The van der Waals surface area contributed by atoms with Gasteiger partial charge < -0.3 is 8.83 Å². The fourth-order valence-electron chi connectivity index (χ4n) is 7.90. The Morgan fingerprint density at radius 1 is 0.448 bits per heavy atom. The van der Waals surface area contributed by atoms with Crippen LogP contribution < -0.4 is 0 Å². The molecule has 58 heavy (non-hydrogen) atoms.